The maximum atomic E-state index is 5.53. The van der Waals surface area contributed by atoms with E-state index in [9.17, 15) is 0 Å². The molecule has 0 aliphatic heterocycles. The van der Waals surface area contributed by atoms with Gasteiger partial charge in [-0.3, -0.25) is 0 Å². The van der Waals surface area contributed by atoms with E-state index in [0.29, 0.717) is 0 Å². The van der Waals surface area contributed by atoms with Gasteiger partial charge in [0.05, 0.1) is 4.47 Å². The number of benzene rings is 1. The van der Waals surface area contributed by atoms with Crippen molar-refractivity contribution in [3.63, 3.8) is 0 Å². The molecule has 0 unspecified atom stereocenters. The third-order valence-electron chi connectivity index (χ3n) is 1.48. The molecule has 0 spiro atoms. The highest BCUT2D eigenvalue weighted by Gasteiger charge is 2.01. The van der Waals surface area contributed by atoms with Gasteiger partial charge in [0.1, 0.15) is 11.9 Å². The molecule has 0 amide bonds. The Hall–Kier alpha value is -0.760. The maximum absolute atomic E-state index is 5.53. The van der Waals surface area contributed by atoms with E-state index in [1.807, 2.05) is 31.2 Å². The fourth-order valence-electron chi connectivity index (χ4n) is 0.789. The zero-order chi connectivity index (χ0) is 8.97. The molecule has 2 heteroatoms. The molecule has 0 radical (unpaired) electrons. The lowest BCUT2D eigenvalue weighted by Gasteiger charge is -2.11. The molecular formula is C10H11BrO. The third-order valence-corrected chi connectivity index (χ3v) is 2.14. The average molecular weight is 227 g/mol. The molecule has 1 aromatic carbocycles. The quantitative estimate of drug-likeness (QED) is 0.719. The SMILES string of the molecule is C=C[C@@H](C)Oc1ccccc1Br. The van der Waals surface area contributed by atoms with Gasteiger partial charge in [-0.25, -0.2) is 0 Å². The average Bonchev–Trinajstić information content (AvgIpc) is 2.09. The van der Waals surface area contributed by atoms with Crippen LogP contribution in [0.2, 0.25) is 0 Å². The van der Waals surface area contributed by atoms with Crippen molar-refractivity contribution in [1.82, 2.24) is 0 Å². The van der Waals surface area contributed by atoms with Gasteiger partial charge in [-0.1, -0.05) is 24.8 Å². The third kappa shape index (κ3) is 2.38. The van der Waals surface area contributed by atoms with E-state index in [0.717, 1.165) is 10.2 Å². The smallest absolute Gasteiger partial charge is 0.134 e. The molecular weight excluding hydrogens is 216 g/mol. The predicted molar refractivity (Wildman–Crippen MR) is 54.4 cm³/mol. The van der Waals surface area contributed by atoms with Gasteiger partial charge in [0.15, 0.2) is 0 Å². The van der Waals surface area contributed by atoms with Crippen molar-refractivity contribution in [2.45, 2.75) is 13.0 Å². The molecule has 0 N–H and O–H groups in total. The van der Waals surface area contributed by atoms with Gasteiger partial charge < -0.3 is 4.74 Å². The van der Waals surface area contributed by atoms with Crippen molar-refractivity contribution in [1.29, 1.82) is 0 Å². The molecule has 0 saturated heterocycles. The summed E-state index contributed by atoms with van der Waals surface area (Å²) < 4.78 is 6.50. The van der Waals surface area contributed by atoms with E-state index in [4.69, 9.17) is 4.74 Å². The van der Waals surface area contributed by atoms with Crippen molar-refractivity contribution < 1.29 is 4.74 Å². The van der Waals surface area contributed by atoms with Crippen molar-refractivity contribution >= 4 is 15.9 Å². The summed E-state index contributed by atoms with van der Waals surface area (Å²) in [6.07, 6.45) is 1.81. The summed E-state index contributed by atoms with van der Waals surface area (Å²) in [7, 11) is 0. The Labute approximate surface area is 81.2 Å². The van der Waals surface area contributed by atoms with Crippen LogP contribution in [-0.4, -0.2) is 6.10 Å². The fraction of sp³-hybridized carbons (Fsp3) is 0.200. The maximum Gasteiger partial charge on any atom is 0.134 e. The molecule has 12 heavy (non-hydrogen) atoms. The molecule has 0 aliphatic rings. The lowest BCUT2D eigenvalue weighted by molar-refractivity contribution is 0.268. The minimum absolute atomic E-state index is 0.0451. The van der Waals surface area contributed by atoms with Gasteiger partial charge in [0.25, 0.3) is 0 Å². The Balaban J connectivity index is 2.75. The van der Waals surface area contributed by atoms with E-state index in [1.54, 1.807) is 6.08 Å². The molecule has 1 nitrogen and oxygen atoms in total. The Bertz CT molecular complexity index is 270. The Morgan fingerprint density at radius 1 is 1.50 bits per heavy atom. The molecule has 1 rings (SSSR count). The van der Waals surface area contributed by atoms with Gasteiger partial charge in [0.2, 0.25) is 0 Å². The van der Waals surface area contributed by atoms with Gasteiger partial charge in [-0.15, -0.1) is 0 Å². The molecule has 0 heterocycles. The number of rotatable bonds is 3. The number of hydrogen-bond donors (Lipinski definition) is 0. The molecule has 1 aromatic rings. The molecule has 0 aromatic heterocycles. The first-order chi connectivity index (χ1) is 5.74. The van der Waals surface area contributed by atoms with E-state index in [-0.39, 0.29) is 6.10 Å². The molecule has 1 atom stereocenters. The Morgan fingerprint density at radius 3 is 2.75 bits per heavy atom. The largest absolute Gasteiger partial charge is 0.485 e. The first-order valence-electron chi connectivity index (χ1n) is 3.78. The minimum atomic E-state index is 0.0451. The first kappa shape index (κ1) is 9.33. The van der Waals surface area contributed by atoms with Crippen LogP contribution >= 0.6 is 15.9 Å². The van der Waals surface area contributed by atoms with Crippen LogP contribution in [0.5, 0.6) is 5.75 Å². The minimum Gasteiger partial charge on any atom is -0.485 e. The van der Waals surface area contributed by atoms with Crippen LogP contribution in [0.3, 0.4) is 0 Å². The van der Waals surface area contributed by atoms with Crippen LogP contribution in [0.4, 0.5) is 0 Å². The molecule has 0 aliphatic carbocycles. The summed E-state index contributed by atoms with van der Waals surface area (Å²) in [6.45, 7) is 5.60. The van der Waals surface area contributed by atoms with Crippen molar-refractivity contribution in [2.24, 2.45) is 0 Å². The van der Waals surface area contributed by atoms with Crippen LogP contribution in [-0.2, 0) is 0 Å². The number of hydrogen-bond acceptors (Lipinski definition) is 1. The summed E-state index contributed by atoms with van der Waals surface area (Å²) in [6, 6.07) is 7.76. The van der Waals surface area contributed by atoms with Crippen molar-refractivity contribution in [3.8, 4) is 5.75 Å². The van der Waals surface area contributed by atoms with E-state index >= 15 is 0 Å². The van der Waals surface area contributed by atoms with Gasteiger partial charge in [-0.2, -0.15) is 0 Å². The first-order valence-corrected chi connectivity index (χ1v) is 4.57. The second-order valence-corrected chi connectivity index (χ2v) is 3.34. The van der Waals surface area contributed by atoms with Crippen LogP contribution in [0.25, 0.3) is 0 Å². The van der Waals surface area contributed by atoms with Crippen LogP contribution in [0, 0.1) is 0 Å². The van der Waals surface area contributed by atoms with Crippen molar-refractivity contribution in [3.05, 3.63) is 41.4 Å². The van der Waals surface area contributed by atoms with Gasteiger partial charge in [0, 0.05) is 0 Å². The normalized spacial score (nSPS) is 12.2. The molecule has 0 fully saturated rings. The molecule has 64 valence electrons. The van der Waals surface area contributed by atoms with Crippen LogP contribution < -0.4 is 4.74 Å². The van der Waals surface area contributed by atoms with Gasteiger partial charge >= 0.3 is 0 Å². The zero-order valence-electron chi connectivity index (χ0n) is 6.96. The Morgan fingerprint density at radius 2 is 2.17 bits per heavy atom. The second kappa shape index (κ2) is 4.31. The highest BCUT2D eigenvalue weighted by molar-refractivity contribution is 9.10. The lowest BCUT2D eigenvalue weighted by Crippen LogP contribution is -2.07. The molecule has 0 saturated carbocycles. The summed E-state index contributed by atoms with van der Waals surface area (Å²) in [5.41, 5.74) is 0. The second-order valence-electron chi connectivity index (χ2n) is 2.49. The highest BCUT2D eigenvalue weighted by atomic mass is 79.9. The van der Waals surface area contributed by atoms with E-state index in [1.165, 1.54) is 0 Å². The van der Waals surface area contributed by atoms with Crippen LogP contribution in [0.1, 0.15) is 6.92 Å². The summed E-state index contributed by atoms with van der Waals surface area (Å²) in [4.78, 5) is 0. The van der Waals surface area contributed by atoms with Gasteiger partial charge in [-0.05, 0) is 35.0 Å². The van der Waals surface area contributed by atoms with E-state index in [2.05, 4.69) is 22.5 Å². The summed E-state index contributed by atoms with van der Waals surface area (Å²) in [5, 5.41) is 0. The standard InChI is InChI=1S/C10H11BrO/c1-3-8(2)12-10-7-5-4-6-9(10)11/h3-8H,1H2,2H3/t8-/m1/s1. The number of halogens is 1. The Kier molecular flexibility index (Phi) is 3.35. The summed E-state index contributed by atoms with van der Waals surface area (Å²) >= 11 is 3.39. The lowest BCUT2D eigenvalue weighted by atomic mass is 10.3. The molecule has 0 bridgehead atoms. The predicted octanol–water partition coefficient (Wildman–Crippen LogP) is 3.40. The van der Waals surface area contributed by atoms with Crippen LogP contribution in [0.15, 0.2) is 41.4 Å². The number of para-hydroxylation sites is 1. The topological polar surface area (TPSA) is 9.23 Å². The number of ether oxygens (including phenoxy) is 1. The van der Waals surface area contributed by atoms with E-state index < -0.39 is 0 Å². The fourth-order valence-corrected chi connectivity index (χ4v) is 1.17. The highest BCUT2D eigenvalue weighted by Crippen LogP contribution is 2.24. The monoisotopic (exact) mass is 226 g/mol. The summed E-state index contributed by atoms with van der Waals surface area (Å²) in [5.74, 6) is 0.852. The van der Waals surface area contributed by atoms with Crippen molar-refractivity contribution in [2.75, 3.05) is 0 Å². The zero-order valence-corrected chi connectivity index (χ0v) is 8.54.